The molecule has 180 valence electrons. The Bertz CT molecular complexity index is 1500. The average Bonchev–Trinajstić information content (AvgIpc) is 3.38. The highest BCUT2D eigenvalue weighted by Crippen LogP contribution is 2.46. The molecule has 0 saturated carbocycles. The van der Waals surface area contributed by atoms with Crippen molar-refractivity contribution in [1.82, 2.24) is 19.3 Å². The van der Waals surface area contributed by atoms with Gasteiger partial charge in [0.15, 0.2) is 0 Å². The normalized spacial score (nSPS) is 19.9. The molecule has 2 atom stereocenters. The molecule has 0 bridgehead atoms. The number of benzene rings is 2. The number of nitrogens with zero attached hydrogens (tertiary/aromatic N) is 4. The predicted molar refractivity (Wildman–Crippen MR) is 118 cm³/mol. The van der Waals surface area contributed by atoms with Gasteiger partial charge in [0.2, 0.25) is 0 Å². The van der Waals surface area contributed by atoms with E-state index < -0.39 is 35.6 Å². The van der Waals surface area contributed by atoms with Gasteiger partial charge in [-0.25, -0.2) is 14.4 Å². The third kappa shape index (κ3) is 3.36. The van der Waals surface area contributed by atoms with Gasteiger partial charge in [-0.3, -0.25) is 9.20 Å². The SMILES string of the molecule is Nc1nc2cc(F)c(C(=O)N3CCCCC4Oc5cc(C(F)(F)F)ccc5C43)cc2n2cncc12. The standard InChI is InChI=1S/C24H19F4N5O2/c25-15-9-16-17(33-11-30-10-18(33)22(29)31-16)8-14(15)23(34)32-6-2-1-3-19-21(32)13-5-4-12(24(26,27)28)7-20(13)35-19/h4-5,7-11,19,21H,1-3,6H2,(H2,29,31). The number of halogens is 4. The maximum Gasteiger partial charge on any atom is 0.416 e. The number of carbonyl (C=O) groups is 1. The molecule has 35 heavy (non-hydrogen) atoms. The topological polar surface area (TPSA) is 85.8 Å². The summed E-state index contributed by atoms with van der Waals surface area (Å²) in [5, 5.41) is 0. The molecule has 1 fully saturated rings. The highest BCUT2D eigenvalue weighted by molar-refractivity contribution is 5.99. The Balaban J connectivity index is 1.44. The Labute approximate surface area is 196 Å². The van der Waals surface area contributed by atoms with Crippen LogP contribution in [-0.2, 0) is 6.18 Å². The van der Waals surface area contributed by atoms with E-state index >= 15 is 4.39 Å². The van der Waals surface area contributed by atoms with E-state index in [9.17, 15) is 18.0 Å². The summed E-state index contributed by atoms with van der Waals surface area (Å²) in [7, 11) is 0. The summed E-state index contributed by atoms with van der Waals surface area (Å²) in [6.07, 6.45) is -0.0320. The quantitative estimate of drug-likeness (QED) is 0.394. The molecule has 7 nitrogen and oxygen atoms in total. The number of ether oxygens (including phenoxy) is 1. The number of hydrogen-bond acceptors (Lipinski definition) is 5. The zero-order valence-corrected chi connectivity index (χ0v) is 18.2. The smallest absolute Gasteiger partial charge is 0.416 e. The zero-order chi connectivity index (χ0) is 24.5. The molecular formula is C24H19F4N5O2. The molecule has 2 N–H and O–H groups in total. The molecule has 4 heterocycles. The van der Waals surface area contributed by atoms with E-state index in [2.05, 4.69) is 9.97 Å². The van der Waals surface area contributed by atoms with Crippen molar-refractivity contribution in [2.45, 2.75) is 37.6 Å². The molecule has 2 aliphatic rings. The lowest BCUT2D eigenvalue weighted by molar-refractivity contribution is -0.137. The molecule has 0 aliphatic carbocycles. The van der Waals surface area contributed by atoms with E-state index in [-0.39, 0.29) is 22.6 Å². The van der Waals surface area contributed by atoms with Crippen molar-refractivity contribution in [3.05, 3.63) is 65.4 Å². The maximum atomic E-state index is 15.2. The predicted octanol–water partition coefficient (Wildman–Crippen LogP) is 4.75. The van der Waals surface area contributed by atoms with E-state index in [0.717, 1.165) is 24.6 Å². The van der Waals surface area contributed by atoms with Crippen LogP contribution in [0.5, 0.6) is 5.75 Å². The van der Waals surface area contributed by atoms with E-state index in [1.807, 2.05) is 0 Å². The summed E-state index contributed by atoms with van der Waals surface area (Å²) in [5.41, 5.74) is 6.70. The molecule has 2 unspecified atom stereocenters. The minimum Gasteiger partial charge on any atom is -0.488 e. The van der Waals surface area contributed by atoms with E-state index in [1.54, 1.807) is 4.40 Å². The Kier molecular flexibility index (Phi) is 4.67. The largest absolute Gasteiger partial charge is 0.488 e. The minimum absolute atomic E-state index is 0.105. The molecule has 4 aromatic rings. The lowest BCUT2D eigenvalue weighted by Gasteiger charge is -2.30. The number of imidazole rings is 1. The van der Waals surface area contributed by atoms with Gasteiger partial charge in [0.25, 0.3) is 5.91 Å². The van der Waals surface area contributed by atoms with Gasteiger partial charge in [0.1, 0.15) is 29.0 Å². The molecule has 2 aromatic heterocycles. The number of likely N-dealkylation sites (tertiary alicyclic amines) is 1. The van der Waals surface area contributed by atoms with Gasteiger partial charge in [0.05, 0.1) is 40.7 Å². The number of alkyl halides is 3. The second-order valence-electron chi connectivity index (χ2n) is 8.81. The van der Waals surface area contributed by atoms with Crippen molar-refractivity contribution in [2.24, 2.45) is 0 Å². The summed E-state index contributed by atoms with van der Waals surface area (Å²) in [6.45, 7) is 0.321. The van der Waals surface area contributed by atoms with Crippen molar-refractivity contribution in [3.63, 3.8) is 0 Å². The summed E-state index contributed by atoms with van der Waals surface area (Å²) in [6, 6.07) is 5.26. The average molecular weight is 485 g/mol. The third-order valence-electron chi connectivity index (χ3n) is 6.72. The van der Waals surface area contributed by atoms with Crippen molar-refractivity contribution in [3.8, 4) is 5.75 Å². The maximum absolute atomic E-state index is 15.2. The summed E-state index contributed by atoms with van der Waals surface area (Å²) < 4.78 is 62.4. The fourth-order valence-electron chi connectivity index (χ4n) is 5.08. The summed E-state index contributed by atoms with van der Waals surface area (Å²) in [5.74, 6) is -1.04. The Morgan fingerprint density at radius 2 is 1.97 bits per heavy atom. The van der Waals surface area contributed by atoms with Gasteiger partial charge in [-0.05, 0) is 37.5 Å². The molecule has 0 spiro atoms. The van der Waals surface area contributed by atoms with E-state index in [0.29, 0.717) is 36.0 Å². The van der Waals surface area contributed by atoms with Crippen LogP contribution in [0.1, 0.15) is 46.8 Å². The van der Waals surface area contributed by atoms with Gasteiger partial charge in [-0.2, -0.15) is 13.2 Å². The Morgan fingerprint density at radius 1 is 1.14 bits per heavy atom. The van der Waals surface area contributed by atoms with Crippen LogP contribution in [0.2, 0.25) is 0 Å². The van der Waals surface area contributed by atoms with Crippen LogP contribution in [0.25, 0.3) is 16.6 Å². The fourth-order valence-corrected chi connectivity index (χ4v) is 5.08. The monoisotopic (exact) mass is 485 g/mol. The second-order valence-corrected chi connectivity index (χ2v) is 8.81. The number of nitrogen functional groups attached to an aromatic ring is 1. The molecule has 2 aliphatic heterocycles. The summed E-state index contributed by atoms with van der Waals surface area (Å²) in [4.78, 5) is 23.5. The van der Waals surface area contributed by atoms with Crippen LogP contribution in [0, 0.1) is 5.82 Å². The molecule has 6 rings (SSSR count). The fraction of sp³-hybridized carbons (Fsp3) is 0.292. The van der Waals surface area contributed by atoms with Crippen LogP contribution in [0.15, 0.2) is 42.9 Å². The van der Waals surface area contributed by atoms with Gasteiger partial charge < -0.3 is 15.4 Å². The number of anilines is 1. The number of rotatable bonds is 1. The Morgan fingerprint density at radius 3 is 2.77 bits per heavy atom. The first-order valence-corrected chi connectivity index (χ1v) is 11.1. The van der Waals surface area contributed by atoms with E-state index in [1.165, 1.54) is 29.6 Å². The van der Waals surface area contributed by atoms with Crippen molar-refractivity contribution >= 4 is 28.3 Å². The van der Waals surface area contributed by atoms with Crippen LogP contribution in [0.4, 0.5) is 23.4 Å². The Hall–Kier alpha value is -3.89. The van der Waals surface area contributed by atoms with Crippen molar-refractivity contribution < 1.29 is 27.1 Å². The molecule has 1 amide bonds. The number of aromatic nitrogens is 3. The van der Waals surface area contributed by atoms with Crippen LogP contribution >= 0.6 is 0 Å². The summed E-state index contributed by atoms with van der Waals surface area (Å²) >= 11 is 0. The van der Waals surface area contributed by atoms with E-state index in [4.69, 9.17) is 10.5 Å². The van der Waals surface area contributed by atoms with Crippen molar-refractivity contribution in [2.75, 3.05) is 12.3 Å². The van der Waals surface area contributed by atoms with Gasteiger partial charge in [-0.1, -0.05) is 6.07 Å². The molecule has 2 aromatic carbocycles. The van der Waals surface area contributed by atoms with Gasteiger partial charge in [-0.15, -0.1) is 0 Å². The first-order valence-electron chi connectivity index (χ1n) is 11.1. The highest BCUT2D eigenvalue weighted by Gasteiger charge is 2.43. The first kappa shape index (κ1) is 21.6. The van der Waals surface area contributed by atoms with Crippen molar-refractivity contribution in [1.29, 1.82) is 0 Å². The van der Waals surface area contributed by atoms with Crippen LogP contribution < -0.4 is 10.5 Å². The highest BCUT2D eigenvalue weighted by atomic mass is 19.4. The lowest BCUT2D eigenvalue weighted by Crippen LogP contribution is -2.39. The number of amides is 1. The molecule has 11 heteroatoms. The van der Waals surface area contributed by atoms with Crippen LogP contribution in [-0.4, -0.2) is 37.8 Å². The number of carbonyl (C=O) groups excluding carboxylic acids is 1. The molecule has 0 radical (unpaired) electrons. The van der Waals surface area contributed by atoms with Gasteiger partial charge in [0, 0.05) is 18.2 Å². The molecular weight excluding hydrogens is 466 g/mol. The lowest BCUT2D eigenvalue weighted by atomic mass is 9.98. The minimum atomic E-state index is -4.51. The number of nitrogens with two attached hydrogens (primary N) is 1. The number of fused-ring (bicyclic) bond motifs is 6. The zero-order valence-electron chi connectivity index (χ0n) is 18.2. The van der Waals surface area contributed by atoms with Crippen LogP contribution in [0.3, 0.4) is 0 Å². The van der Waals surface area contributed by atoms with Gasteiger partial charge >= 0.3 is 6.18 Å². The molecule has 1 saturated heterocycles. The first-order chi connectivity index (χ1) is 16.7. The second kappa shape index (κ2) is 7.56. The third-order valence-corrected chi connectivity index (χ3v) is 6.72. The number of hydrogen-bond donors (Lipinski definition) is 1.